The van der Waals surface area contributed by atoms with Crippen LogP contribution in [0.4, 0.5) is 11.4 Å². The highest BCUT2D eigenvalue weighted by atomic mass is 32.1. The van der Waals surface area contributed by atoms with Crippen LogP contribution in [-0.4, -0.2) is 21.2 Å². The van der Waals surface area contributed by atoms with Gasteiger partial charge in [-0.05, 0) is 30.3 Å². The van der Waals surface area contributed by atoms with Crippen molar-refractivity contribution in [3.63, 3.8) is 0 Å². The first-order valence-electron chi connectivity index (χ1n) is 8.08. The highest BCUT2D eigenvalue weighted by Crippen LogP contribution is 2.28. The minimum Gasteiger partial charge on any atom is -0.326 e. The Morgan fingerprint density at radius 2 is 1.81 bits per heavy atom. The molecule has 0 radical (unpaired) electrons. The zero-order chi connectivity index (χ0) is 18.3. The maximum atomic E-state index is 12.5. The lowest BCUT2D eigenvalue weighted by molar-refractivity contribution is -0.118. The lowest BCUT2D eigenvalue weighted by Crippen LogP contribution is -2.17. The molecule has 6 nitrogen and oxygen atoms in total. The Morgan fingerprint density at radius 3 is 2.50 bits per heavy atom. The van der Waals surface area contributed by atoms with E-state index in [1.165, 1.54) is 11.3 Å². The fourth-order valence-electron chi connectivity index (χ4n) is 2.48. The number of aromatic nitrogens is 2. The quantitative estimate of drug-likeness (QED) is 0.545. The number of nitrogens with zero attached hydrogens (tertiary/aromatic N) is 2. The van der Waals surface area contributed by atoms with Crippen LogP contribution in [0, 0.1) is 5.92 Å². The molecule has 0 aliphatic heterocycles. The average Bonchev–Trinajstić information content (AvgIpc) is 3.28. The van der Waals surface area contributed by atoms with E-state index in [4.69, 9.17) is 0 Å². The van der Waals surface area contributed by atoms with Gasteiger partial charge in [-0.2, -0.15) is 0 Å². The molecule has 0 saturated heterocycles. The predicted molar refractivity (Wildman–Crippen MR) is 106 cm³/mol. The standard InChI is InChI=1S/C18H16N4O2S2/c1-10(2)15(23)19-11-3-5-12(6-4-11)20-16(24)14-9-13-17(26-14)21-18-22(13)7-8-25-18/h3-10H,1-2H3,(H,19,23)(H,20,24). The molecule has 0 unspecified atom stereocenters. The van der Waals surface area contributed by atoms with Crippen molar-refractivity contribution in [3.05, 3.63) is 46.8 Å². The Labute approximate surface area is 157 Å². The van der Waals surface area contributed by atoms with E-state index in [0.29, 0.717) is 16.3 Å². The minimum atomic E-state index is -0.170. The molecule has 4 aromatic rings. The van der Waals surface area contributed by atoms with E-state index in [-0.39, 0.29) is 17.7 Å². The third-order valence-corrected chi connectivity index (χ3v) is 5.67. The second kappa shape index (κ2) is 6.54. The zero-order valence-corrected chi connectivity index (χ0v) is 15.8. The maximum Gasteiger partial charge on any atom is 0.265 e. The van der Waals surface area contributed by atoms with Crippen LogP contribution < -0.4 is 10.6 Å². The number of thiazole rings is 1. The van der Waals surface area contributed by atoms with E-state index >= 15 is 0 Å². The van der Waals surface area contributed by atoms with E-state index in [1.807, 2.05) is 35.9 Å². The van der Waals surface area contributed by atoms with Crippen molar-refractivity contribution >= 4 is 61.2 Å². The van der Waals surface area contributed by atoms with Gasteiger partial charge in [-0.3, -0.25) is 14.0 Å². The molecule has 8 heteroatoms. The molecule has 3 aromatic heterocycles. The number of carbonyl (C=O) groups excluding carboxylic acids is 2. The van der Waals surface area contributed by atoms with Gasteiger partial charge < -0.3 is 10.6 Å². The van der Waals surface area contributed by atoms with Crippen molar-refractivity contribution in [2.24, 2.45) is 5.92 Å². The molecule has 26 heavy (non-hydrogen) atoms. The summed E-state index contributed by atoms with van der Waals surface area (Å²) in [5, 5.41) is 7.67. The summed E-state index contributed by atoms with van der Waals surface area (Å²) in [6.07, 6.45) is 1.95. The number of rotatable bonds is 4. The highest BCUT2D eigenvalue weighted by molar-refractivity contribution is 7.21. The van der Waals surface area contributed by atoms with Gasteiger partial charge >= 0.3 is 0 Å². The molecule has 0 bridgehead atoms. The molecule has 0 aliphatic rings. The average molecular weight is 384 g/mol. The van der Waals surface area contributed by atoms with E-state index < -0.39 is 0 Å². The Morgan fingerprint density at radius 1 is 1.12 bits per heavy atom. The minimum absolute atomic E-state index is 0.0380. The first kappa shape index (κ1) is 16.7. The number of imidazole rings is 1. The van der Waals surface area contributed by atoms with Gasteiger partial charge in [-0.25, -0.2) is 4.98 Å². The molecule has 132 valence electrons. The van der Waals surface area contributed by atoms with Crippen molar-refractivity contribution in [2.75, 3.05) is 10.6 Å². The fraction of sp³-hybridized carbons (Fsp3) is 0.167. The van der Waals surface area contributed by atoms with Crippen LogP contribution >= 0.6 is 22.7 Å². The monoisotopic (exact) mass is 384 g/mol. The zero-order valence-electron chi connectivity index (χ0n) is 14.1. The van der Waals surface area contributed by atoms with Gasteiger partial charge in [0.2, 0.25) is 5.91 Å². The normalized spacial score (nSPS) is 11.3. The van der Waals surface area contributed by atoms with Crippen LogP contribution in [0.2, 0.25) is 0 Å². The largest absolute Gasteiger partial charge is 0.326 e. The molecule has 0 aliphatic carbocycles. The second-order valence-electron chi connectivity index (χ2n) is 6.14. The van der Waals surface area contributed by atoms with Crippen molar-refractivity contribution in [2.45, 2.75) is 13.8 Å². The van der Waals surface area contributed by atoms with E-state index in [0.717, 1.165) is 15.3 Å². The van der Waals surface area contributed by atoms with Crippen molar-refractivity contribution < 1.29 is 9.59 Å². The van der Waals surface area contributed by atoms with Gasteiger partial charge in [0.15, 0.2) is 4.96 Å². The van der Waals surface area contributed by atoms with E-state index in [9.17, 15) is 9.59 Å². The molecule has 1 aromatic carbocycles. The summed E-state index contributed by atoms with van der Waals surface area (Å²) in [5.41, 5.74) is 2.33. The number of hydrogen-bond donors (Lipinski definition) is 2. The lowest BCUT2D eigenvalue weighted by atomic mass is 10.2. The molecule has 0 atom stereocenters. The smallest absolute Gasteiger partial charge is 0.265 e. The fourth-order valence-corrected chi connectivity index (χ4v) is 4.17. The van der Waals surface area contributed by atoms with Crippen LogP contribution in [0.1, 0.15) is 23.5 Å². The maximum absolute atomic E-state index is 12.5. The third kappa shape index (κ3) is 3.09. The molecule has 2 amide bonds. The van der Waals surface area contributed by atoms with Gasteiger partial charge in [0, 0.05) is 28.9 Å². The molecule has 4 rings (SSSR count). The molecular formula is C18H16N4O2S2. The number of anilines is 2. The summed E-state index contributed by atoms with van der Waals surface area (Å²) in [6, 6.07) is 8.94. The molecular weight excluding hydrogens is 368 g/mol. The van der Waals surface area contributed by atoms with Crippen LogP contribution in [-0.2, 0) is 4.79 Å². The van der Waals surface area contributed by atoms with E-state index in [2.05, 4.69) is 15.6 Å². The summed E-state index contributed by atoms with van der Waals surface area (Å²) < 4.78 is 1.99. The van der Waals surface area contributed by atoms with Gasteiger partial charge in [-0.15, -0.1) is 22.7 Å². The van der Waals surface area contributed by atoms with Crippen LogP contribution in [0.25, 0.3) is 15.3 Å². The Bertz CT molecular complexity index is 1110. The Kier molecular flexibility index (Phi) is 4.21. The summed E-state index contributed by atoms with van der Waals surface area (Å²) in [7, 11) is 0. The van der Waals surface area contributed by atoms with Gasteiger partial charge in [0.25, 0.3) is 5.91 Å². The first-order chi connectivity index (χ1) is 12.5. The summed E-state index contributed by atoms with van der Waals surface area (Å²) in [4.78, 5) is 31.1. The van der Waals surface area contributed by atoms with Crippen LogP contribution in [0.15, 0.2) is 41.9 Å². The number of amides is 2. The Hall–Kier alpha value is -2.71. The van der Waals surface area contributed by atoms with Gasteiger partial charge in [0.05, 0.1) is 10.4 Å². The number of benzene rings is 1. The molecule has 0 saturated carbocycles. The van der Waals surface area contributed by atoms with E-state index in [1.54, 1.807) is 35.6 Å². The predicted octanol–water partition coefficient (Wildman–Crippen LogP) is 4.46. The molecule has 0 spiro atoms. The molecule has 3 heterocycles. The molecule has 0 fully saturated rings. The number of thiophene rings is 1. The second-order valence-corrected chi connectivity index (χ2v) is 8.05. The highest BCUT2D eigenvalue weighted by Gasteiger charge is 2.15. The first-order valence-corrected chi connectivity index (χ1v) is 9.78. The summed E-state index contributed by atoms with van der Waals surface area (Å²) in [6.45, 7) is 3.68. The van der Waals surface area contributed by atoms with Crippen molar-refractivity contribution in [3.8, 4) is 0 Å². The van der Waals surface area contributed by atoms with Crippen molar-refractivity contribution in [1.82, 2.24) is 9.38 Å². The summed E-state index contributed by atoms with van der Waals surface area (Å²) >= 11 is 2.95. The van der Waals surface area contributed by atoms with Gasteiger partial charge in [0.1, 0.15) is 4.83 Å². The van der Waals surface area contributed by atoms with Crippen molar-refractivity contribution in [1.29, 1.82) is 0 Å². The number of fused-ring (bicyclic) bond motifs is 3. The number of hydrogen-bond acceptors (Lipinski definition) is 5. The summed E-state index contributed by atoms with van der Waals surface area (Å²) in [5.74, 6) is -0.290. The number of carbonyl (C=O) groups is 2. The lowest BCUT2D eigenvalue weighted by Gasteiger charge is -2.09. The third-order valence-electron chi connectivity index (χ3n) is 3.90. The Balaban J connectivity index is 1.48. The van der Waals surface area contributed by atoms with Crippen LogP contribution in [0.3, 0.4) is 0 Å². The molecule has 2 N–H and O–H groups in total. The topological polar surface area (TPSA) is 75.5 Å². The van der Waals surface area contributed by atoms with Gasteiger partial charge in [-0.1, -0.05) is 13.8 Å². The SMILES string of the molecule is CC(C)C(=O)Nc1ccc(NC(=O)c2cc3c(nc4sccn43)s2)cc1. The van der Waals surface area contributed by atoms with Crippen LogP contribution in [0.5, 0.6) is 0 Å². The number of nitrogens with one attached hydrogen (secondary N) is 2.